The summed E-state index contributed by atoms with van der Waals surface area (Å²) in [6.45, 7) is -0.166. The number of aliphatic hydroxyl groups is 1. The van der Waals surface area contributed by atoms with Gasteiger partial charge in [0.1, 0.15) is 10.8 Å². The number of carbonyl (C=O) groups excluding carboxylic acids is 3. The Hall–Kier alpha value is -2.65. The van der Waals surface area contributed by atoms with E-state index >= 15 is 0 Å². The summed E-state index contributed by atoms with van der Waals surface area (Å²) in [5.74, 6) is -0.595. The number of carbonyl (C=O) groups is 3. The third-order valence-electron chi connectivity index (χ3n) is 3.90. The van der Waals surface area contributed by atoms with Crippen LogP contribution in [0.15, 0.2) is 18.2 Å². The first-order chi connectivity index (χ1) is 12.5. The van der Waals surface area contributed by atoms with Crippen molar-refractivity contribution in [1.29, 1.82) is 0 Å². The Labute approximate surface area is 153 Å². The van der Waals surface area contributed by atoms with Crippen molar-refractivity contribution in [3.05, 3.63) is 23.8 Å². The summed E-state index contributed by atoms with van der Waals surface area (Å²) in [6, 6.07) is 5.01. The fourth-order valence-corrected chi connectivity index (χ4v) is 3.59. The molecule has 1 heterocycles. The second kappa shape index (κ2) is 7.71. The van der Waals surface area contributed by atoms with E-state index in [-0.39, 0.29) is 43.1 Å². The highest BCUT2D eigenvalue weighted by molar-refractivity contribution is 7.23. The maximum Gasteiger partial charge on any atom is 0.258 e. The highest BCUT2D eigenvalue weighted by Crippen LogP contribution is 2.39. The van der Waals surface area contributed by atoms with E-state index in [1.807, 2.05) is 0 Å². The van der Waals surface area contributed by atoms with Gasteiger partial charge >= 0.3 is 0 Å². The zero-order valence-electron chi connectivity index (χ0n) is 13.9. The predicted molar refractivity (Wildman–Crippen MR) is 97.3 cm³/mol. The van der Waals surface area contributed by atoms with Crippen LogP contribution in [-0.4, -0.2) is 42.6 Å². The Morgan fingerprint density at radius 1 is 1.31 bits per heavy atom. The van der Waals surface area contributed by atoms with Gasteiger partial charge in [-0.15, -0.1) is 11.3 Å². The van der Waals surface area contributed by atoms with E-state index in [1.165, 1.54) is 11.3 Å². The lowest BCUT2D eigenvalue weighted by Crippen LogP contribution is -2.31. The van der Waals surface area contributed by atoms with Crippen LogP contribution in [0.2, 0.25) is 0 Å². The summed E-state index contributed by atoms with van der Waals surface area (Å²) in [7, 11) is 0. The van der Waals surface area contributed by atoms with Gasteiger partial charge in [-0.25, -0.2) is 0 Å². The monoisotopic (exact) mass is 377 g/mol. The molecule has 0 saturated heterocycles. The van der Waals surface area contributed by atoms with Crippen LogP contribution in [0.5, 0.6) is 5.75 Å². The molecule has 0 bridgehead atoms. The number of thiophene rings is 1. The highest BCUT2D eigenvalue weighted by atomic mass is 32.1. The van der Waals surface area contributed by atoms with Crippen molar-refractivity contribution in [2.75, 3.05) is 25.1 Å². The normalized spacial score (nSPS) is 13.4. The minimum atomic E-state index is -0.612. The molecule has 1 aliphatic rings. The largest absolute Gasteiger partial charge is 0.484 e. The Morgan fingerprint density at radius 3 is 2.73 bits per heavy atom. The Morgan fingerprint density at radius 2 is 2.08 bits per heavy atom. The third-order valence-corrected chi connectivity index (χ3v) is 4.96. The number of anilines is 1. The summed E-state index contributed by atoms with van der Waals surface area (Å²) in [6.07, 6.45) is 1.72. The van der Waals surface area contributed by atoms with Crippen molar-refractivity contribution < 1.29 is 24.2 Å². The van der Waals surface area contributed by atoms with Crippen LogP contribution < -0.4 is 21.1 Å². The molecule has 1 aromatic heterocycles. The Kier molecular flexibility index (Phi) is 5.38. The SMILES string of the molecule is NC(=O)c1c(NC(=O)C2CC2)sc2cc(OCC(=O)NCCO)ccc12. The molecule has 8 nitrogen and oxygen atoms in total. The number of nitrogens with one attached hydrogen (secondary N) is 2. The maximum atomic E-state index is 12.0. The Balaban J connectivity index is 1.79. The number of primary amides is 1. The number of amides is 3. The number of rotatable bonds is 8. The molecule has 2 aromatic rings. The molecule has 138 valence electrons. The first-order valence-corrected chi connectivity index (χ1v) is 8.99. The zero-order valence-corrected chi connectivity index (χ0v) is 14.7. The average molecular weight is 377 g/mol. The fourth-order valence-electron chi connectivity index (χ4n) is 2.45. The maximum absolute atomic E-state index is 12.0. The molecular formula is C17H19N3O5S. The summed E-state index contributed by atoms with van der Waals surface area (Å²) in [4.78, 5) is 35.4. The van der Waals surface area contributed by atoms with Gasteiger partial charge in [0.05, 0.1) is 12.2 Å². The van der Waals surface area contributed by atoms with Crippen LogP contribution >= 0.6 is 11.3 Å². The zero-order chi connectivity index (χ0) is 18.7. The molecule has 1 aliphatic carbocycles. The summed E-state index contributed by atoms with van der Waals surface area (Å²) < 4.78 is 6.14. The van der Waals surface area contributed by atoms with Crippen molar-refractivity contribution in [3.63, 3.8) is 0 Å². The second-order valence-electron chi connectivity index (χ2n) is 5.95. The van der Waals surface area contributed by atoms with E-state index in [2.05, 4.69) is 10.6 Å². The second-order valence-corrected chi connectivity index (χ2v) is 7.01. The quantitative estimate of drug-likeness (QED) is 0.541. The smallest absolute Gasteiger partial charge is 0.258 e. The lowest BCUT2D eigenvalue weighted by Gasteiger charge is -2.06. The molecule has 0 unspecified atom stereocenters. The molecule has 1 aromatic carbocycles. The predicted octanol–water partition coefficient (Wildman–Crippen LogP) is 0.836. The van der Waals surface area contributed by atoms with Gasteiger partial charge in [0.15, 0.2) is 6.61 Å². The number of nitrogens with two attached hydrogens (primary N) is 1. The molecule has 0 radical (unpaired) electrons. The van der Waals surface area contributed by atoms with E-state index in [0.717, 1.165) is 17.5 Å². The van der Waals surface area contributed by atoms with Gasteiger partial charge in [0.25, 0.3) is 11.8 Å². The van der Waals surface area contributed by atoms with Gasteiger partial charge in [-0.3, -0.25) is 14.4 Å². The molecule has 0 spiro atoms. The molecule has 5 N–H and O–H groups in total. The van der Waals surface area contributed by atoms with Crippen LogP contribution in [0.4, 0.5) is 5.00 Å². The van der Waals surface area contributed by atoms with E-state index < -0.39 is 5.91 Å². The molecule has 26 heavy (non-hydrogen) atoms. The molecule has 9 heteroatoms. The Bertz CT molecular complexity index is 859. The summed E-state index contributed by atoms with van der Waals surface area (Å²) in [5, 5.41) is 15.0. The molecule has 3 amide bonds. The number of ether oxygens (including phenoxy) is 1. The van der Waals surface area contributed by atoms with Crippen molar-refractivity contribution in [2.24, 2.45) is 11.7 Å². The number of benzene rings is 1. The number of aliphatic hydroxyl groups excluding tert-OH is 1. The van der Waals surface area contributed by atoms with Crippen molar-refractivity contribution >= 4 is 44.1 Å². The first kappa shape index (κ1) is 18.2. The van der Waals surface area contributed by atoms with E-state index in [1.54, 1.807) is 18.2 Å². The summed E-state index contributed by atoms with van der Waals surface area (Å²) in [5.41, 5.74) is 5.77. The number of fused-ring (bicyclic) bond motifs is 1. The topological polar surface area (TPSA) is 131 Å². The van der Waals surface area contributed by atoms with E-state index in [0.29, 0.717) is 16.1 Å². The van der Waals surface area contributed by atoms with Gasteiger partial charge in [0, 0.05) is 22.5 Å². The van der Waals surface area contributed by atoms with Crippen molar-refractivity contribution in [2.45, 2.75) is 12.8 Å². The minimum absolute atomic E-state index is 0.0114. The van der Waals surface area contributed by atoms with Crippen LogP contribution in [0.3, 0.4) is 0 Å². The van der Waals surface area contributed by atoms with E-state index in [4.69, 9.17) is 15.6 Å². The van der Waals surface area contributed by atoms with Crippen molar-refractivity contribution in [3.8, 4) is 5.75 Å². The van der Waals surface area contributed by atoms with Crippen LogP contribution in [0.25, 0.3) is 10.1 Å². The van der Waals surface area contributed by atoms with Crippen LogP contribution in [0.1, 0.15) is 23.2 Å². The van der Waals surface area contributed by atoms with Gasteiger partial charge in [0.2, 0.25) is 5.91 Å². The number of hydrogen-bond acceptors (Lipinski definition) is 6. The molecule has 3 rings (SSSR count). The fraction of sp³-hybridized carbons (Fsp3) is 0.353. The van der Waals surface area contributed by atoms with Gasteiger partial charge in [-0.05, 0) is 31.0 Å². The first-order valence-electron chi connectivity index (χ1n) is 8.17. The van der Waals surface area contributed by atoms with Crippen LogP contribution in [0, 0.1) is 5.92 Å². The standard InChI is InChI=1S/C17H19N3O5S/c18-15(23)14-11-4-3-10(25-8-13(22)19-5-6-21)7-12(11)26-17(14)20-16(24)9-1-2-9/h3-4,7,9,21H,1-2,5-6,8H2,(H2,18,23)(H,19,22)(H,20,24). The molecule has 0 atom stereocenters. The lowest BCUT2D eigenvalue weighted by molar-refractivity contribution is -0.123. The van der Waals surface area contributed by atoms with Crippen molar-refractivity contribution in [1.82, 2.24) is 5.32 Å². The molecule has 1 fully saturated rings. The van der Waals surface area contributed by atoms with Gasteiger partial charge < -0.3 is 26.2 Å². The van der Waals surface area contributed by atoms with Crippen LogP contribution in [-0.2, 0) is 9.59 Å². The third kappa shape index (κ3) is 4.12. The molecule has 1 saturated carbocycles. The average Bonchev–Trinajstić information content (AvgIpc) is 3.39. The van der Waals surface area contributed by atoms with E-state index in [9.17, 15) is 14.4 Å². The highest BCUT2D eigenvalue weighted by Gasteiger charge is 2.31. The minimum Gasteiger partial charge on any atom is -0.484 e. The van der Waals surface area contributed by atoms with Gasteiger partial charge in [-0.2, -0.15) is 0 Å². The molecule has 0 aliphatic heterocycles. The lowest BCUT2D eigenvalue weighted by atomic mass is 10.1. The van der Waals surface area contributed by atoms with Gasteiger partial charge in [-0.1, -0.05) is 0 Å². The number of hydrogen-bond donors (Lipinski definition) is 4. The molecular weight excluding hydrogens is 358 g/mol. The summed E-state index contributed by atoms with van der Waals surface area (Å²) >= 11 is 1.24.